The number of hydrogen-bond donors (Lipinski definition) is 0. The van der Waals surface area contributed by atoms with E-state index in [1.165, 1.54) is 5.56 Å². The van der Waals surface area contributed by atoms with Gasteiger partial charge in [-0.1, -0.05) is 31.2 Å². The molecule has 0 spiro atoms. The van der Waals surface area contributed by atoms with Crippen LogP contribution in [0.5, 0.6) is 0 Å². The fourth-order valence-corrected chi connectivity index (χ4v) is 1.40. The van der Waals surface area contributed by atoms with Crippen molar-refractivity contribution in [2.75, 3.05) is 14.1 Å². The van der Waals surface area contributed by atoms with Crippen LogP contribution in [-0.2, 0) is 17.6 Å². The highest BCUT2D eigenvalue weighted by Crippen LogP contribution is 2.10. The van der Waals surface area contributed by atoms with Gasteiger partial charge in [-0.2, -0.15) is 0 Å². The predicted molar refractivity (Wildman–Crippen MR) is 58.2 cm³/mol. The van der Waals surface area contributed by atoms with Crippen LogP contribution in [0.4, 0.5) is 0 Å². The topological polar surface area (TPSA) is 20.3 Å². The SMILES string of the molecule is CCc1ccccc1CC(=O)N(C)C. The summed E-state index contributed by atoms with van der Waals surface area (Å²) < 4.78 is 0. The lowest BCUT2D eigenvalue weighted by Gasteiger charge is -2.12. The molecule has 0 atom stereocenters. The summed E-state index contributed by atoms with van der Waals surface area (Å²) in [7, 11) is 3.58. The third-order valence-electron chi connectivity index (χ3n) is 2.34. The Hall–Kier alpha value is -1.31. The van der Waals surface area contributed by atoms with Gasteiger partial charge >= 0.3 is 0 Å². The summed E-state index contributed by atoms with van der Waals surface area (Å²) in [6.07, 6.45) is 1.49. The van der Waals surface area contributed by atoms with Crippen LogP contribution >= 0.6 is 0 Å². The van der Waals surface area contributed by atoms with Gasteiger partial charge in [0.2, 0.25) is 5.91 Å². The molecule has 0 aliphatic rings. The molecule has 1 aromatic carbocycles. The van der Waals surface area contributed by atoms with Crippen molar-refractivity contribution in [2.45, 2.75) is 19.8 Å². The molecular weight excluding hydrogens is 174 g/mol. The van der Waals surface area contributed by atoms with Gasteiger partial charge in [-0.3, -0.25) is 4.79 Å². The van der Waals surface area contributed by atoms with Crippen molar-refractivity contribution in [3.63, 3.8) is 0 Å². The van der Waals surface area contributed by atoms with Crippen LogP contribution < -0.4 is 0 Å². The van der Waals surface area contributed by atoms with Gasteiger partial charge in [0.1, 0.15) is 0 Å². The Kier molecular flexibility index (Phi) is 3.69. The van der Waals surface area contributed by atoms with E-state index in [-0.39, 0.29) is 5.91 Å². The molecule has 0 heterocycles. The quantitative estimate of drug-likeness (QED) is 0.714. The fourth-order valence-electron chi connectivity index (χ4n) is 1.40. The van der Waals surface area contributed by atoms with E-state index < -0.39 is 0 Å². The van der Waals surface area contributed by atoms with Gasteiger partial charge < -0.3 is 4.90 Å². The second-order valence-corrected chi connectivity index (χ2v) is 3.59. The van der Waals surface area contributed by atoms with Gasteiger partial charge in [0.25, 0.3) is 0 Å². The van der Waals surface area contributed by atoms with E-state index in [4.69, 9.17) is 0 Å². The second-order valence-electron chi connectivity index (χ2n) is 3.59. The maximum atomic E-state index is 11.5. The van der Waals surface area contributed by atoms with Crippen molar-refractivity contribution < 1.29 is 4.79 Å². The highest BCUT2D eigenvalue weighted by Gasteiger charge is 2.07. The monoisotopic (exact) mass is 191 g/mol. The molecular formula is C12H17NO. The van der Waals surface area contributed by atoms with Gasteiger partial charge in [-0.15, -0.1) is 0 Å². The van der Waals surface area contributed by atoms with E-state index in [2.05, 4.69) is 13.0 Å². The Balaban J connectivity index is 2.80. The van der Waals surface area contributed by atoms with Crippen LogP contribution in [0.2, 0.25) is 0 Å². The van der Waals surface area contributed by atoms with Crippen molar-refractivity contribution >= 4 is 5.91 Å². The molecule has 1 rings (SSSR count). The van der Waals surface area contributed by atoms with Gasteiger partial charge in [-0.25, -0.2) is 0 Å². The molecule has 0 aliphatic heterocycles. The summed E-state index contributed by atoms with van der Waals surface area (Å²) in [6, 6.07) is 8.11. The molecule has 1 aromatic rings. The van der Waals surface area contributed by atoms with Crippen LogP contribution in [-0.4, -0.2) is 24.9 Å². The molecule has 0 saturated carbocycles. The number of likely N-dealkylation sites (N-methyl/N-ethyl adjacent to an activating group) is 1. The maximum absolute atomic E-state index is 11.5. The molecule has 2 nitrogen and oxygen atoms in total. The number of rotatable bonds is 3. The van der Waals surface area contributed by atoms with Crippen LogP contribution in [0.25, 0.3) is 0 Å². The Morgan fingerprint density at radius 2 is 1.79 bits per heavy atom. The third kappa shape index (κ3) is 2.59. The maximum Gasteiger partial charge on any atom is 0.226 e. The largest absolute Gasteiger partial charge is 0.349 e. The Labute approximate surface area is 85.5 Å². The van der Waals surface area contributed by atoms with E-state index in [1.807, 2.05) is 18.2 Å². The zero-order chi connectivity index (χ0) is 10.6. The van der Waals surface area contributed by atoms with Crippen molar-refractivity contribution in [3.8, 4) is 0 Å². The smallest absolute Gasteiger partial charge is 0.226 e. The Morgan fingerprint density at radius 3 is 2.29 bits per heavy atom. The van der Waals surface area contributed by atoms with Crippen LogP contribution in [0.15, 0.2) is 24.3 Å². The molecule has 0 unspecified atom stereocenters. The summed E-state index contributed by atoms with van der Waals surface area (Å²) in [5.41, 5.74) is 2.41. The molecule has 76 valence electrons. The molecule has 0 aliphatic carbocycles. The first kappa shape index (κ1) is 10.8. The number of carbonyl (C=O) groups excluding carboxylic acids is 1. The highest BCUT2D eigenvalue weighted by atomic mass is 16.2. The first-order valence-electron chi connectivity index (χ1n) is 4.92. The average molecular weight is 191 g/mol. The average Bonchev–Trinajstić information content (AvgIpc) is 2.18. The van der Waals surface area contributed by atoms with E-state index in [0.29, 0.717) is 6.42 Å². The molecule has 0 aromatic heterocycles. The standard InChI is InChI=1S/C12H17NO/c1-4-10-7-5-6-8-11(10)9-12(14)13(2)3/h5-8H,4,9H2,1-3H3. The van der Waals surface area contributed by atoms with Crippen molar-refractivity contribution in [1.82, 2.24) is 4.90 Å². The van der Waals surface area contributed by atoms with Crippen molar-refractivity contribution in [1.29, 1.82) is 0 Å². The number of carbonyl (C=O) groups is 1. The zero-order valence-corrected chi connectivity index (χ0v) is 9.08. The summed E-state index contributed by atoms with van der Waals surface area (Å²) >= 11 is 0. The normalized spacial score (nSPS) is 9.93. The first-order chi connectivity index (χ1) is 6.65. The highest BCUT2D eigenvalue weighted by molar-refractivity contribution is 5.78. The zero-order valence-electron chi connectivity index (χ0n) is 9.08. The number of nitrogens with zero attached hydrogens (tertiary/aromatic N) is 1. The van der Waals surface area contributed by atoms with Gasteiger partial charge in [0, 0.05) is 14.1 Å². The molecule has 0 bridgehead atoms. The Bertz CT molecular complexity index is 318. The number of benzene rings is 1. The number of amides is 1. The molecule has 14 heavy (non-hydrogen) atoms. The number of aryl methyl sites for hydroxylation is 1. The molecule has 0 saturated heterocycles. The summed E-state index contributed by atoms with van der Waals surface area (Å²) in [5, 5.41) is 0. The molecule has 0 fully saturated rings. The fraction of sp³-hybridized carbons (Fsp3) is 0.417. The van der Waals surface area contributed by atoms with Crippen molar-refractivity contribution in [3.05, 3.63) is 35.4 Å². The minimum Gasteiger partial charge on any atom is -0.349 e. The Morgan fingerprint density at radius 1 is 1.21 bits per heavy atom. The lowest BCUT2D eigenvalue weighted by atomic mass is 10.0. The summed E-state index contributed by atoms with van der Waals surface area (Å²) in [5.74, 6) is 0.158. The van der Waals surface area contributed by atoms with E-state index in [0.717, 1.165) is 12.0 Å². The van der Waals surface area contributed by atoms with Gasteiger partial charge in [-0.05, 0) is 17.5 Å². The molecule has 2 heteroatoms. The summed E-state index contributed by atoms with van der Waals surface area (Å²) in [4.78, 5) is 13.1. The lowest BCUT2D eigenvalue weighted by molar-refractivity contribution is -0.127. The van der Waals surface area contributed by atoms with E-state index in [1.54, 1.807) is 19.0 Å². The van der Waals surface area contributed by atoms with Crippen LogP contribution in [0.3, 0.4) is 0 Å². The van der Waals surface area contributed by atoms with Crippen LogP contribution in [0.1, 0.15) is 18.1 Å². The van der Waals surface area contributed by atoms with Gasteiger partial charge in [0.05, 0.1) is 6.42 Å². The lowest BCUT2D eigenvalue weighted by Crippen LogP contribution is -2.23. The van der Waals surface area contributed by atoms with Crippen LogP contribution in [0, 0.1) is 0 Å². The van der Waals surface area contributed by atoms with Gasteiger partial charge in [0.15, 0.2) is 0 Å². The minimum atomic E-state index is 0.158. The minimum absolute atomic E-state index is 0.158. The molecule has 0 N–H and O–H groups in total. The summed E-state index contributed by atoms with van der Waals surface area (Å²) in [6.45, 7) is 2.11. The second kappa shape index (κ2) is 4.80. The molecule has 1 amide bonds. The van der Waals surface area contributed by atoms with E-state index >= 15 is 0 Å². The van der Waals surface area contributed by atoms with E-state index in [9.17, 15) is 4.79 Å². The van der Waals surface area contributed by atoms with Crippen molar-refractivity contribution in [2.24, 2.45) is 0 Å². The first-order valence-corrected chi connectivity index (χ1v) is 4.92. The number of hydrogen-bond acceptors (Lipinski definition) is 1. The molecule has 0 radical (unpaired) electrons. The third-order valence-corrected chi connectivity index (χ3v) is 2.34. The predicted octanol–water partition coefficient (Wildman–Crippen LogP) is 1.88.